The highest BCUT2D eigenvalue weighted by molar-refractivity contribution is 6.08. The maximum Gasteiger partial charge on any atom is 0.0998 e. The standard InChI is InChI=1S/C45H33N3/c1-30-11-10-20-44-45(30)39-15-5-9-19-43(39)48(44)42-18-8-2-12-36(42)33-25-26-35(34(27-33)28-46)32-23-21-31(22-24-32)29-47-40-16-6-3-13-37(40)38-14-4-7-17-41(38)47/h2-8,10-18,20-27H,9,19,29H2,1H3. The van der Waals surface area contributed by atoms with Crippen molar-refractivity contribution in [2.75, 3.05) is 0 Å². The molecule has 0 radical (unpaired) electrons. The number of rotatable bonds is 5. The first kappa shape index (κ1) is 28.1. The van der Waals surface area contributed by atoms with Crippen LogP contribution in [0.25, 0.3) is 66.7 Å². The fourth-order valence-electron chi connectivity index (χ4n) is 7.84. The minimum Gasteiger partial charge on any atom is -0.336 e. The highest BCUT2D eigenvalue weighted by Crippen LogP contribution is 2.39. The predicted molar refractivity (Wildman–Crippen MR) is 199 cm³/mol. The molecule has 0 aliphatic heterocycles. The smallest absolute Gasteiger partial charge is 0.0998 e. The van der Waals surface area contributed by atoms with Gasteiger partial charge in [0.05, 0.1) is 22.8 Å². The van der Waals surface area contributed by atoms with E-state index < -0.39 is 0 Å². The Bertz CT molecular complexity index is 2550. The Hall–Kier alpha value is -6.11. The Morgan fingerprint density at radius 1 is 0.667 bits per heavy atom. The molecule has 0 saturated heterocycles. The van der Waals surface area contributed by atoms with Crippen LogP contribution in [0.4, 0.5) is 0 Å². The number of hydrogen-bond acceptors (Lipinski definition) is 1. The van der Waals surface area contributed by atoms with Crippen LogP contribution in [0.1, 0.15) is 34.4 Å². The van der Waals surface area contributed by atoms with Crippen molar-refractivity contribution < 1.29 is 0 Å². The van der Waals surface area contributed by atoms with Crippen molar-refractivity contribution >= 4 is 38.8 Å². The number of hydrogen-bond donors (Lipinski definition) is 0. The normalized spacial score (nSPS) is 12.5. The molecular formula is C45H33N3. The topological polar surface area (TPSA) is 33.6 Å². The van der Waals surface area contributed by atoms with Crippen molar-refractivity contribution in [1.82, 2.24) is 9.13 Å². The van der Waals surface area contributed by atoms with E-state index >= 15 is 0 Å². The number of aromatic nitrogens is 2. The predicted octanol–water partition coefficient (Wildman–Crippen LogP) is 11.3. The molecule has 0 spiro atoms. The molecule has 0 amide bonds. The third-order valence-corrected chi connectivity index (χ3v) is 10.1. The lowest BCUT2D eigenvalue weighted by Crippen LogP contribution is -2.04. The van der Waals surface area contributed by atoms with E-state index in [-0.39, 0.29) is 0 Å². The van der Waals surface area contributed by atoms with Crippen LogP contribution < -0.4 is 0 Å². The Morgan fingerprint density at radius 2 is 1.35 bits per heavy atom. The van der Waals surface area contributed by atoms with Crippen LogP contribution in [0.2, 0.25) is 0 Å². The summed E-state index contributed by atoms with van der Waals surface area (Å²) in [5.41, 5.74) is 14.9. The van der Waals surface area contributed by atoms with Crippen molar-refractivity contribution in [2.45, 2.75) is 26.3 Å². The molecular weight excluding hydrogens is 583 g/mol. The number of aryl methyl sites for hydroxylation is 1. The molecule has 0 fully saturated rings. The first-order chi connectivity index (χ1) is 23.7. The minimum atomic E-state index is 0.677. The van der Waals surface area contributed by atoms with Crippen LogP contribution in [-0.2, 0) is 13.0 Å². The molecule has 3 nitrogen and oxygen atoms in total. The van der Waals surface area contributed by atoms with Crippen LogP contribution >= 0.6 is 0 Å². The van der Waals surface area contributed by atoms with Crippen LogP contribution in [0, 0.1) is 18.3 Å². The van der Waals surface area contributed by atoms with E-state index in [1.807, 2.05) is 0 Å². The zero-order chi connectivity index (χ0) is 32.2. The molecule has 3 heteroatoms. The van der Waals surface area contributed by atoms with Gasteiger partial charge in [0.15, 0.2) is 0 Å². The summed E-state index contributed by atoms with van der Waals surface area (Å²) in [6.45, 7) is 2.98. The maximum absolute atomic E-state index is 10.4. The molecule has 228 valence electrons. The summed E-state index contributed by atoms with van der Waals surface area (Å²) in [5, 5.41) is 14.3. The summed E-state index contributed by atoms with van der Waals surface area (Å²) in [5.74, 6) is 0. The van der Waals surface area contributed by atoms with Gasteiger partial charge in [-0.2, -0.15) is 5.26 Å². The minimum absolute atomic E-state index is 0.677. The molecule has 2 heterocycles. The first-order valence-electron chi connectivity index (χ1n) is 16.7. The largest absolute Gasteiger partial charge is 0.336 e. The van der Waals surface area contributed by atoms with Gasteiger partial charge in [0.2, 0.25) is 0 Å². The SMILES string of the molecule is Cc1cccc2c1c1c(n2-c2ccccc2-c2ccc(-c3ccc(Cn4c5ccccc5c5ccccc54)cc3)c(C#N)c2)CCC=C1. The number of para-hydroxylation sites is 3. The lowest BCUT2D eigenvalue weighted by molar-refractivity contribution is 0.869. The molecule has 0 unspecified atom stereocenters. The molecule has 8 aromatic rings. The molecule has 9 rings (SSSR count). The summed E-state index contributed by atoms with van der Waals surface area (Å²) < 4.78 is 4.85. The van der Waals surface area contributed by atoms with Gasteiger partial charge in [-0.05, 0) is 77.9 Å². The van der Waals surface area contributed by atoms with Crippen LogP contribution in [-0.4, -0.2) is 9.13 Å². The lowest BCUT2D eigenvalue weighted by Gasteiger charge is -2.18. The Kier molecular flexibility index (Phi) is 6.62. The third-order valence-electron chi connectivity index (χ3n) is 10.1. The molecule has 48 heavy (non-hydrogen) atoms. The zero-order valence-corrected chi connectivity index (χ0v) is 26.8. The van der Waals surface area contributed by atoms with Gasteiger partial charge in [-0.1, -0.05) is 115 Å². The Balaban J connectivity index is 1.09. The van der Waals surface area contributed by atoms with Crippen molar-refractivity contribution in [3.05, 3.63) is 167 Å². The molecule has 0 saturated carbocycles. The Labute approximate surface area is 280 Å². The summed E-state index contributed by atoms with van der Waals surface area (Å²) in [6, 6.07) is 50.0. The van der Waals surface area contributed by atoms with Gasteiger partial charge in [-0.3, -0.25) is 0 Å². The van der Waals surface area contributed by atoms with Crippen LogP contribution in [0.3, 0.4) is 0 Å². The molecule has 0 bridgehead atoms. The fourth-order valence-corrected chi connectivity index (χ4v) is 7.84. The maximum atomic E-state index is 10.4. The number of fused-ring (bicyclic) bond motifs is 6. The van der Waals surface area contributed by atoms with E-state index in [4.69, 9.17) is 0 Å². The third kappa shape index (κ3) is 4.42. The number of nitriles is 1. The van der Waals surface area contributed by atoms with Crippen molar-refractivity contribution in [3.8, 4) is 34.0 Å². The monoisotopic (exact) mass is 615 g/mol. The van der Waals surface area contributed by atoms with E-state index in [0.717, 1.165) is 47.3 Å². The lowest BCUT2D eigenvalue weighted by atomic mass is 9.94. The summed E-state index contributed by atoms with van der Waals surface area (Å²) in [7, 11) is 0. The summed E-state index contributed by atoms with van der Waals surface area (Å²) in [4.78, 5) is 0. The highest BCUT2D eigenvalue weighted by atomic mass is 15.0. The summed E-state index contributed by atoms with van der Waals surface area (Å²) in [6.07, 6.45) is 6.63. The van der Waals surface area contributed by atoms with Crippen molar-refractivity contribution in [2.24, 2.45) is 0 Å². The van der Waals surface area contributed by atoms with E-state index in [2.05, 4.69) is 168 Å². The average Bonchev–Trinajstić information content (AvgIpc) is 3.65. The van der Waals surface area contributed by atoms with Crippen LogP contribution in [0.5, 0.6) is 0 Å². The molecule has 1 aliphatic rings. The molecule has 0 N–H and O–H groups in total. The van der Waals surface area contributed by atoms with E-state index in [0.29, 0.717) is 5.56 Å². The van der Waals surface area contributed by atoms with Gasteiger partial charge < -0.3 is 9.13 Å². The highest BCUT2D eigenvalue weighted by Gasteiger charge is 2.22. The van der Waals surface area contributed by atoms with Gasteiger partial charge in [-0.15, -0.1) is 0 Å². The van der Waals surface area contributed by atoms with Crippen molar-refractivity contribution in [1.29, 1.82) is 5.26 Å². The number of nitrogens with zero attached hydrogens (tertiary/aromatic N) is 3. The second-order valence-electron chi connectivity index (χ2n) is 12.8. The second kappa shape index (κ2) is 11.3. The van der Waals surface area contributed by atoms with Gasteiger partial charge in [0.1, 0.15) is 0 Å². The molecule has 6 aromatic carbocycles. The fraction of sp³-hybridized carbons (Fsp3) is 0.0889. The van der Waals surface area contributed by atoms with Crippen molar-refractivity contribution in [3.63, 3.8) is 0 Å². The molecule has 1 aliphatic carbocycles. The summed E-state index contributed by atoms with van der Waals surface area (Å²) >= 11 is 0. The average molecular weight is 616 g/mol. The first-order valence-corrected chi connectivity index (χ1v) is 16.7. The second-order valence-corrected chi connectivity index (χ2v) is 12.8. The van der Waals surface area contributed by atoms with E-state index in [1.54, 1.807) is 0 Å². The van der Waals surface area contributed by atoms with E-state index in [9.17, 15) is 5.26 Å². The van der Waals surface area contributed by atoms with Gasteiger partial charge in [0.25, 0.3) is 0 Å². The zero-order valence-electron chi connectivity index (χ0n) is 26.8. The Morgan fingerprint density at radius 3 is 2.12 bits per heavy atom. The van der Waals surface area contributed by atoms with Gasteiger partial charge in [-0.25, -0.2) is 0 Å². The van der Waals surface area contributed by atoms with Crippen LogP contribution in [0.15, 0.2) is 140 Å². The van der Waals surface area contributed by atoms with Gasteiger partial charge in [0, 0.05) is 50.6 Å². The number of allylic oxidation sites excluding steroid dienone is 1. The van der Waals surface area contributed by atoms with Gasteiger partial charge >= 0.3 is 0 Å². The van der Waals surface area contributed by atoms with E-state index in [1.165, 1.54) is 55.1 Å². The molecule has 0 atom stereocenters. The number of benzene rings is 6. The quantitative estimate of drug-likeness (QED) is 0.190. The molecule has 2 aromatic heterocycles.